The second kappa shape index (κ2) is 7.61. The SMILES string of the molecule is C/C(=C1/S/C(=N/c2nc(C)cs2)N(c2ccccc2)C1=O)c1ccc(O)cc1. The molecule has 1 fully saturated rings. The van der Waals surface area contributed by atoms with Crippen molar-refractivity contribution >= 4 is 50.6 Å². The van der Waals surface area contributed by atoms with E-state index in [9.17, 15) is 9.90 Å². The van der Waals surface area contributed by atoms with E-state index in [1.165, 1.54) is 23.1 Å². The molecule has 0 saturated carbocycles. The Bertz CT molecular complexity index is 1090. The fraction of sp³-hybridized carbons (Fsp3) is 0.0952. The van der Waals surface area contributed by atoms with Crippen LogP contribution in [0.1, 0.15) is 18.2 Å². The zero-order chi connectivity index (χ0) is 19.7. The third-order valence-corrected chi connectivity index (χ3v) is 6.23. The minimum absolute atomic E-state index is 0.117. The van der Waals surface area contributed by atoms with E-state index in [1.807, 2.05) is 49.6 Å². The number of amidine groups is 1. The lowest BCUT2D eigenvalue weighted by atomic mass is 10.1. The van der Waals surface area contributed by atoms with E-state index in [1.54, 1.807) is 29.2 Å². The van der Waals surface area contributed by atoms with Crippen LogP contribution in [0.3, 0.4) is 0 Å². The van der Waals surface area contributed by atoms with Gasteiger partial charge in [-0.25, -0.2) is 4.98 Å². The average molecular weight is 408 g/mol. The van der Waals surface area contributed by atoms with Gasteiger partial charge >= 0.3 is 0 Å². The van der Waals surface area contributed by atoms with Gasteiger partial charge in [-0.15, -0.1) is 11.3 Å². The van der Waals surface area contributed by atoms with Crippen molar-refractivity contribution in [3.05, 3.63) is 76.1 Å². The Morgan fingerprint density at radius 1 is 1.11 bits per heavy atom. The van der Waals surface area contributed by atoms with E-state index >= 15 is 0 Å². The maximum atomic E-state index is 13.3. The molecule has 0 spiro atoms. The first-order valence-electron chi connectivity index (χ1n) is 8.61. The minimum Gasteiger partial charge on any atom is -0.508 e. The Morgan fingerprint density at radius 3 is 2.46 bits per heavy atom. The van der Waals surface area contributed by atoms with E-state index in [0.717, 1.165) is 22.5 Å². The van der Waals surface area contributed by atoms with Crippen molar-refractivity contribution < 1.29 is 9.90 Å². The zero-order valence-electron chi connectivity index (χ0n) is 15.3. The number of benzene rings is 2. The van der Waals surface area contributed by atoms with Gasteiger partial charge in [0.25, 0.3) is 5.91 Å². The Kier molecular flexibility index (Phi) is 5.02. The Labute approximate surface area is 171 Å². The van der Waals surface area contributed by atoms with Crippen molar-refractivity contribution in [1.82, 2.24) is 4.98 Å². The first-order chi connectivity index (χ1) is 13.5. The summed E-state index contributed by atoms with van der Waals surface area (Å²) in [5.74, 6) is 0.0769. The zero-order valence-corrected chi connectivity index (χ0v) is 16.9. The number of anilines is 1. The lowest BCUT2D eigenvalue weighted by Gasteiger charge is -2.15. The fourth-order valence-corrected chi connectivity index (χ4v) is 4.57. The highest BCUT2D eigenvalue weighted by Gasteiger charge is 2.36. The number of thioether (sulfide) groups is 1. The summed E-state index contributed by atoms with van der Waals surface area (Å²) in [5.41, 5.74) is 3.39. The van der Waals surface area contributed by atoms with Crippen LogP contribution in [0, 0.1) is 6.92 Å². The quantitative estimate of drug-likeness (QED) is 0.594. The monoisotopic (exact) mass is 407 g/mol. The number of hydrogen-bond donors (Lipinski definition) is 1. The molecule has 1 saturated heterocycles. The van der Waals surface area contributed by atoms with Gasteiger partial charge in [-0.05, 0) is 61.0 Å². The van der Waals surface area contributed by atoms with Crippen molar-refractivity contribution in [1.29, 1.82) is 0 Å². The maximum Gasteiger partial charge on any atom is 0.271 e. The number of allylic oxidation sites excluding steroid dienone is 1. The summed E-state index contributed by atoms with van der Waals surface area (Å²) >= 11 is 2.79. The smallest absolute Gasteiger partial charge is 0.271 e. The van der Waals surface area contributed by atoms with Gasteiger partial charge in [0.1, 0.15) is 5.75 Å². The second-order valence-corrected chi connectivity index (χ2v) is 8.06. The van der Waals surface area contributed by atoms with E-state index in [-0.39, 0.29) is 11.7 Å². The Morgan fingerprint density at radius 2 is 1.82 bits per heavy atom. The molecular weight excluding hydrogens is 390 g/mol. The highest BCUT2D eigenvalue weighted by molar-refractivity contribution is 8.19. The Hall–Kier alpha value is -2.90. The lowest BCUT2D eigenvalue weighted by Crippen LogP contribution is -2.28. The number of para-hydroxylation sites is 1. The van der Waals surface area contributed by atoms with Crippen molar-refractivity contribution in [2.75, 3.05) is 4.90 Å². The number of thiazole rings is 1. The first-order valence-corrected chi connectivity index (χ1v) is 10.3. The van der Waals surface area contributed by atoms with Crippen LogP contribution < -0.4 is 4.90 Å². The van der Waals surface area contributed by atoms with Gasteiger partial charge in [0, 0.05) is 5.38 Å². The van der Waals surface area contributed by atoms with Gasteiger partial charge < -0.3 is 5.11 Å². The topological polar surface area (TPSA) is 65.8 Å². The van der Waals surface area contributed by atoms with Gasteiger partial charge in [-0.2, -0.15) is 4.99 Å². The molecule has 2 heterocycles. The van der Waals surface area contributed by atoms with E-state index in [0.29, 0.717) is 15.2 Å². The van der Waals surface area contributed by atoms with Crippen molar-refractivity contribution in [3.63, 3.8) is 0 Å². The molecule has 140 valence electrons. The summed E-state index contributed by atoms with van der Waals surface area (Å²) in [4.78, 5) is 24.6. The molecule has 2 aromatic carbocycles. The number of hydrogen-bond acceptors (Lipinski definition) is 6. The number of carbonyl (C=O) groups is 1. The molecule has 1 amide bonds. The Balaban J connectivity index is 1.81. The third kappa shape index (κ3) is 3.58. The molecule has 5 nitrogen and oxygen atoms in total. The number of nitrogens with zero attached hydrogens (tertiary/aromatic N) is 3. The molecule has 1 aliphatic rings. The van der Waals surface area contributed by atoms with Gasteiger partial charge in [-0.1, -0.05) is 30.3 Å². The predicted octanol–water partition coefficient (Wildman–Crippen LogP) is 5.36. The van der Waals surface area contributed by atoms with Crippen LogP contribution in [0.4, 0.5) is 10.8 Å². The van der Waals surface area contributed by atoms with Crippen LogP contribution in [0.2, 0.25) is 0 Å². The largest absolute Gasteiger partial charge is 0.508 e. The van der Waals surface area contributed by atoms with Gasteiger partial charge in [-0.3, -0.25) is 9.69 Å². The van der Waals surface area contributed by atoms with Gasteiger partial charge in [0.2, 0.25) is 5.13 Å². The summed E-state index contributed by atoms with van der Waals surface area (Å²) in [6, 6.07) is 16.3. The number of aliphatic imine (C=N–C) groups is 1. The molecule has 28 heavy (non-hydrogen) atoms. The number of phenolic OH excluding ortho intramolecular Hbond substituents is 1. The highest BCUT2D eigenvalue weighted by atomic mass is 32.2. The summed E-state index contributed by atoms with van der Waals surface area (Å²) in [6.07, 6.45) is 0. The number of rotatable bonds is 3. The predicted molar refractivity (Wildman–Crippen MR) is 116 cm³/mol. The minimum atomic E-state index is -0.117. The van der Waals surface area contributed by atoms with E-state index in [4.69, 9.17) is 0 Å². The molecule has 7 heteroatoms. The molecule has 0 radical (unpaired) electrons. The molecule has 1 aromatic heterocycles. The number of aromatic nitrogens is 1. The lowest BCUT2D eigenvalue weighted by molar-refractivity contribution is -0.113. The van der Waals surface area contributed by atoms with Crippen molar-refractivity contribution in [2.45, 2.75) is 13.8 Å². The van der Waals surface area contributed by atoms with E-state index in [2.05, 4.69) is 9.98 Å². The van der Waals surface area contributed by atoms with E-state index < -0.39 is 0 Å². The molecule has 0 atom stereocenters. The summed E-state index contributed by atoms with van der Waals surface area (Å²) in [7, 11) is 0. The van der Waals surface area contributed by atoms with Crippen LogP contribution in [0.15, 0.2) is 69.9 Å². The highest BCUT2D eigenvalue weighted by Crippen LogP contribution is 2.40. The molecule has 1 aliphatic heterocycles. The van der Waals surface area contributed by atoms with Gasteiger partial charge in [0.05, 0.1) is 16.3 Å². The molecule has 3 aromatic rings. The molecular formula is C21H17N3O2S2. The molecule has 0 bridgehead atoms. The van der Waals surface area contributed by atoms with Crippen molar-refractivity contribution in [2.24, 2.45) is 4.99 Å². The van der Waals surface area contributed by atoms with Crippen LogP contribution in [0.5, 0.6) is 5.75 Å². The standard InChI is InChI=1S/C21H17N3O2S2/c1-13-12-27-20(22-13)23-21-24(16-6-4-3-5-7-16)19(26)18(28-21)14(2)15-8-10-17(25)11-9-15/h3-12,25H,1-2H3/b18-14-,23-21+. The summed E-state index contributed by atoms with van der Waals surface area (Å²) < 4.78 is 0. The van der Waals surface area contributed by atoms with Crippen LogP contribution in [-0.4, -0.2) is 21.2 Å². The van der Waals surface area contributed by atoms with Crippen LogP contribution in [0.25, 0.3) is 5.57 Å². The van der Waals surface area contributed by atoms with Crippen LogP contribution >= 0.6 is 23.1 Å². The van der Waals surface area contributed by atoms with Crippen LogP contribution in [-0.2, 0) is 4.79 Å². The number of phenols is 1. The summed E-state index contributed by atoms with van der Waals surface area (Å²) in [5, 5.41) is 12.7. The van der Waals surface area contributed by atoms with Gasteiger partial charge in [0.15, 0.2) is 5.17 Å². The molecule has 0 aliphatic carbocycles. The second-order valence-electron chi connectivity index (χ2n) is 6.25. The third-order valence-electron chi connectivity index (χ3n) is 4.24. The molecule has 0 unspecified atom stereocenters. The number of aromatic hydroxyl groups is 1. The molecule has 4 rings (SSSR count). The number of aryl methyl sites for hydroxylation is 1. The van der Waals surface area contributed by atoms with Crippen molar-refractivity contribution in [3.8, 4) is 5.75 Å². The first kappa shape index (κ1) is 18.5. The number of carbonyl (C=O) groups excluding carboxylic acids is 1. The fourth-order valence-electron chi connectivity index (χ4n) is 2.80. The average Bonchev–Trinajstić information content (AvgIpc) is 3.25. The maximum absolute atomic E-state index is 13.3. The number of amides is 1. The normalized spacial score (nSPS) is 17.4. The summed E-state index contributed by atoms with van der Waals surface area (Å²) in [6.45, 7) is 3.83. The molecule has 1 N–H and O–H groups in total.